The summed E-state index contributed by atoms with van der Waals surface area (Å²) in [5.41, 5.74) is 1.85. The molecule has 0 saturated heterocycles. The first-order valence-electron chi connectivity index (χ1n) is 4.82. The molecule has 3 nitrogen and oxygen atoms in total. The molecule has 0 saturated carbocycles. The Morgan fingerprint density at radius 2 is 2.00 bits per heavy atom. The molecule has 3 heteroatoms. The highest BCUT2D eigenvalue weighted by molar-refractivity contribution is 5.53. The van der Waals surface area contributed by atoms with Gasteiger partial charge in [-0.25, -0.2) is 4.98 Å². The van der Waals surface area contributed by atoms with E-state index < -0.39 is 0 Å². The van der Waals surface area contributed by atoms with E-state index in [1.165, 1.54) is 0 Å². The fourth-order valence-corrected chi connectivity index (χ4v) is 1.40. The zero-order valence-corrected chi connectivity index (χ0v) is 8.86. The zero-order chi connectivity index (χ0) is 10.7. The van der Waals surface area contributed by atoms with Gasteiger partial charge in [0, 0.05) is 12.7 Å². The number of oxazole rings is 1. The summed E-state index contributed by atoms with van der Waals surface area (Å²) in [6.45, 7) is 2.38. The van der Waals surface area contributed by atoms with E-state index in [1.54, 1.807) is 7.11 Å². The summed E-state index contributed by atoms with van der Waals surface area (Å²) in [7, 11) is 1.65. The molecule has 1 heterocycles. The Morgan fingerprint density at radius 3 is 2.67 bits per heavy atom. The lowest BCUT2D eigenvalue weighted by atomic mass is 10.2. The van der Waals surface area contributed by atoms with Crippen molar-refractivity contribution < 1.29 is 9.15 Å². The Hall–Kier alpha value is -1.61. The minimum atomic E-state index is 0.488. The number of rotatable bonds is 3. The van der Waals surface area contributed by atoms with Crippen molar-refractivity contribution in [3.63, 3.8) is 0 Å². The van der Waals surface area contributed by atoms with Crippen LogP contribution in [-0.2, 0) is 11.3 Å². The molecule has 0 atom stereocenters. The topological polar surface area (TPSA) is 35.3 Å². The van der Waals surface area contributed by atoms with E-state index in [-0.39, 0.29) is 0 Å². The lowest BCUT2D eigenvalue weighted by Crippen LogP contribution is -1.89. The fraction of sp³-hybridized carbons (Fsp3) is 0.250. The highest BCUT2D eigenvalue weighted by atomic mass is 16.5. The molecule has 0 amide bonds. The first-order valence-corrected chi connectivity index (χ1v) is 4.82. The average Bonchev–Trinajstić information content (AvgIpc) is 2.63. The summed E-state index contributed by atoms with van der Waals surface area (Å²) < 4.78 is 10.6. The highest BCUT2D eigenvalue weighted by Gasteiger charge is 2.10. The lowest BCUT2D eigenvalue weighted by molar-refractivity contribution is 0.180. The molecule has 2 aromatic rings. The van der Waals surface area contributed by atoms with Crippen LogP contribution in [0.3, 0.4) is 0 Å². The summed E-state index contributed by atoms with van der Waals surface area (Å²) in [5.74, 6) is 1.47. The second-order valence-electron chi connectivity index (χ2n) is 3.32. The predicted molar refractivity (Wildman–Crippen MR) is 57.4 cm³/mol. The van der Waals surface area contributed by atoms with Crippen LogP contribution >= 0.6 is 0 Å². The minimum absolute atomic E-state index is 0.488. The molecule has 78 valence electrons. The lowest BCUT2D eigenvalue weighted by Gasteiger charge is -1.92. The maximum Gasteiger partial charge on any atom is 0.226 e. The SMILES string of the molecule is COCc1nc(-c2ccccc2)oc1C. The number of aromatic nitrogens is 1. The van der Waals surface area contributed by atoms with Gasteiger partial charge in [0.05, 0.1) is 6.61 Å². The number of hydrogen-bond acceptors (Lipinski definition) is 3. The van der Waals surface area contributed by atoms with Crippen molar-refractivity contribution in [2.45, 2.75) is 13.5 Å². The first kappa shape index (κ1) is 9.93. The van der Waals surface area contributed by atoms with Gasteiger partial charge in [0.15, 0.2) is 0 Å². The van der Waals surface area contributed by atoms with Gasteiger partial charge in [-0.15, -0.1) is 0 Å². The zero-order valence-electron chi connectivity index (χ0n) is 8.86. The number of ether oxygens (including phenoxy) is 1. The number of benzene rings is 1. The van der Waals surface area contributed by atoms with E-state index in [9.17, 15) is 0 Å². The number of hydrogen-bond donors (Lipinski definition) is 0. The summed E-state index contributed by atoms with van der Waals surface area (Å²) in [6.07, 6.45) is 0. The number of methoxy groups -OCH3 is 1. The minimum Gasteiger partial charge on any atom is -0.441 e. The van der Waals surface area contributed by atoms with Crippen LogP contribution in [-0.4, -0.2) is 12.1 Å². The number of nitrogens with zero attached hydrogens (tertiary/aromatic N) is 1. The molecule has 0 aliphatic carbocycles. The normalized spacial score (nSPS) is 10.5. The molecule has 15 heavy (non-hydrogen) atoms. The van der Waals surface area contributed by atoms with Gasteiger partial charge in [-0.3, -0.25) is 0 Å². The summed E-state index contributed by atoms with van der Waals surface area (Å²) in [5, 5.41) is 0. The molecule has 0 N–H and O–H groups in total. The highest BCUT2D eigenvalue weighted by Crippen LogP contribution is 2.21. The molecular weight excluding hydrogens is 190 g/mol. The largest absolute Gasteiger partial charge is 0.441 e. The van der Waals surface area contributed by atoms with Crippen LogP contribution in [0, 0.1) is 6.92 Å². The Labute approximate surface area is 88.7 Å². The van der Waals surface area contributed by atoms with Crippen molar-refractivity contribution in [1.29, 1.82) is 0 Å². The van der Waals surface area contributed by atoms with Crippen molar-refractivity contribution in [2.24, 2.45) is 0 Å². The fourth-order valence-electron chi connectivity index (χ4n) is 1.40. The van der Waals surface area contributed by atoms with Crippen molar-refractivity contribution in [1.82, 2.24) is 4.98 Å². The second kappa shape index (κ2) is 4.28. The third-order valence-corrected chi connectivity index (χ3v) is 2.19. The molecule has 1 aromatic carbocycles. The Kier molecular flexibility index (Phi) is 2.83. The Bertz CT molecular complexity index is 434. The molecule has 0 aliphatic rings. The van der Waals surface area contributed by atoms with Crippen molar-refractivity contribution in [3.8, 4) is 11.5 Å². The van der Waals surface area contributed by atoms with E-state index in [0.29, 0.717) is 12.5 Å². The molecule has 0 bridgehead atoms. The predicted octanol–water partition coefficient (Wildman–Crippen LogP) is 2.80. The van der Waals surface area contributed by atoms with Gasteiger partial charge in [-0.2, -0.15) is 0 Å². The first-order chi connectivity index (χ1) is 7.31. The van der Waals surface area contributed by atoms with Gasteiger partial charge in [0.25, 0.3) is 0 Å². The van der Waals surface area contributed by atoms with E-state index >= 15 is 0 Å². The molecule has 2 rings (SSSR count). The van der Waals surface area contributed by atoms with Crippen molar-refractivity contribution >= 4 is 0 Å². The van der Waals surface area contributed by atoms with Gasteiger partial charge in [-0.05, 0) is 19.1 Å². The third kappa shape index (κ3) is 2.07. The quantitative estimate of drug-likeness (QED) is 0.769. The van der Waals surface area contributed by atoms with Crippen LogP contribution in [0.4, 0.5) is 0 Å². The molecular formula is C12H13NO2. The van der Waals surface area contributed by atoms with Gasteiger partial charge in [-0.1, -0.05) is 18.2 Å². The van der Waals surface area contributed by atoms with Crippen LogP contribution in [0.15, 0.2) is 34.7 Å². The van der Waals surface area contributed by atoms with Crippen molar-refractivity contribution in [3.05, 3.63) is 41.8 Å². The van der Waals surface area contributed by atoms with Crippen LogP contribution in [0.25, 0.3) is 11.5 Å². The monoisotopic (exact) mass is 203 g/mol. The Balaban J connectivity index is 2.34. The van der Waals surface area contributed by atoms with Crippen LogP contribution in [0.5, 0.6) is 0 Å². The van der Waals surface area contributed by atoms with Crippen LogP contribution < -0.4 is 0 Å². The molecule has 0 radical (unpaired) electrons. The maximum atomic E-state index is 5.56. The van der Waals surface area contributed by atoms with Crippen LogP contribution in [0.1, 0.15) is 11.5 Å². The second-order valence-corrected chi connectivity index (χ2v) is 3.32. The summed E-state index contributed by atoms with van der Waals surface area (Å²) >= 11 is 0. The average molecular weight is 203 g/mol. The van der Waals surface area contributed by atoms with E-state index in [4.69, 9.17) is 9.15 Å². The van der Waals surface area contributed by atoms with Gasteiger partial charge >= 0.3 is 0 Å². The maximum absolute atomic E-state index is 5.56. The van der Waals surface area contributed by atoms with Gasteiger partial charge < -0.3 is 9.15 Å². The number of aryl methyl sites for hydroxylation is 1. The standard InChI is InChI=1S/C12H13NO2/c1-9-11(8-14-2)13-12(15-9)10-6-4-3-5-7-10/h3-7H,8H2,1-2H3. The van der Waals surface area contributed by atoms with E-state index in [0.717, 1.165) is 17.0 Å². The smallest absolute Gasteiger partial charge is 0.226 e. The summed E-state index contributed by atoms with van der Waals surface area (Å²) in [4.78, 5) is 4.38. The van der Waals surface area contributed by atoms with E-state index in [1.807, 2.05) is 37.3 Å². The molecule has 0 aliphatic heterocycles. The van der Waals surface area contributed by atoms with Crippen LogP contribution in [0.2, 0.25) is 0 Å². The molecule has 1 aromatic heterocycles. The molecule has 0 spiro atoms. The molecule has 0 fully saturated rings. The summed E-state index contributed by atoms with van der Waals surface area (Å²) in [6, 6.07) is 9.84. The van der Waals surface area contributed by atoms with E-state index in [2.05, 4.69) is 4.98 Å². The van der Waals surface area contributed by atoms with Gasteiger partial charge in [0.1, 0.15) is 11.5 Å². The third-order valence-electron chi connectivity index (χ3n) is 2.19. The van der Waals surface area contributed by atoms with Gasteiger partial charge in [0.2, 0.25) is 5.89 Å². The Morgan fingerprint density at radius 1 is 1.27 bits per heavy atom. The molecule has 0 unspecified atom stereocenters. The van der Waals surface area contributed by atoms with Crippen molar-refractivity contribution in [2.75, 3.05) is 7.11 Å².